The fourth-order valence-electron chi connectivity index (χ4n) is 6.36. The lowest BCUT2D eigenvalue weighted by atomic mass is 10.1. The number of esters is 1. The number of phosphoric acid groups is 1. The maximum atomic E-state index is 12.7. The zero-order chi connectivity index (χ0) is 43.4. The molecule has 0 aliphatic heterocycles. The lowest BCUT2D eigenvalue weighted by molar-refractivity contribution is -0.870. The van der Waals surface area contributed by atoms with Crippen molar-refractivity contribution in [2.24, 2.45) is 0 Å². The van der Waals surface area contributed by atoms with Gasteiger partial charge in [0.1, 0.15) is 19.3 Å². The van der Waals surface area contributed by atoms with Crippen LogP contribution in [0.2, 0.25) is 0 Å². The zero-order valence-electron chi connectivity index (χ0n) is 39.0. The van der Waals surface area contributed by atoms with Crippen LogP contribution in [0.4, 0.5) is 0 Å². The third kappa shape index (κ3) is 47.1. The van der Waals surface area contributed by atoms with Crippen molar-refractivity contribution >= 4 is 13.8 Å². The van der Waals surface area contributed by atoms with Gasteiger partial charge in [-0.1, -0.05) is 171 Å². The molecule has 8 nitrogen and oxygen atoms in total. The van der Waals surface area contributed by atoms with Crippen molar-refractivity contribution in [1.29, 1.82) is 0 Å². The number of quaternary nitrogens is 1. The highest BCUT2D eigenvalue weighted by Crippen LogP contribution is 2.43. The van der Waals surface area contributed by atoms with E-state index in [1.807, 2.05) is 21.1 Å². The molecule has 0 saturated heterocycles. The van der Waals surface area contributed by atoms with Crippen LogP contribution in [0.25, 0.3) is 0 Å². The molecule has 0 heterocycles. The Morgan fingerprint density at radius 1 is 0.542 bits per heavy atom. The molecule has 0 aromatic carbocycles. The van der Waals surface area contributed by atoms with Crippen molar-refractivity contribution in [2.45, 2.75) is 200 Å². The van der Waals surface area contributed by atoms with E-state index in [2.05, 4.69) is 74.6 Å². The number of phosphoric ester groups is 1. The number of nitrogens with zero attached hydrogens (tertiary/aromatic N) is 1. The predicted molar refractivity (Wildman–Crippen MR) is 252 cm³/mol. The summed E-state index contributed by atoms with van der Waals surface area (Å²) in [5.74, 6) is -0.354. The molecule has 2 atom stereocenters. The number of hydrogen-bond acceptors (Lipinski definition) is 6. The zero-order valence-corrected chi connectivity index (χ0v) is 39.9. The number of likely N-dealkylation sites (N-methyl/N-ethyl adjacent to an activating group) is 1. The van der Waals surface area contributed by atoms with Crippen LogP contribution in [0, 0.1) is 0 Å². The molecule has 344 valence electrons. The van der Waals surface area contributed by atoms with Gasteiger partial charge in [-0.3, -0.25) is 13.8 Å². The van der Waals surface area contributed by atoms with Gasteiger partial charge in [-0.15, -0.1) is 0 Å². The van der Waals surface area contributed by atoms with Gasteiger partial charge in [0.25, 0.3) is 0 Å². The molecular formula is C50H93NO7P+. The predicted octanol–water partition coefficient (Wildman–Crippen LogP) is 14.5. The number of hydrogen-bond donors (Lipinski definition) is 1. The van der Waals surface area contributed by atoms with Gasteiger partial charge in [0.15, 0.2) is 0 Å². The quantitative estimate of drug-likeness (QED) is 0.0215. The monoisotopic (exact) mass is 851 g/mol. The third-order valence-electron chi connectivity index (χ3n) is 10.1. The van der Waals surface area contributed by atoms with Gasteiger partial charge in [-0.2, -0.15) is 0 Å². The van der Waals surface area contributed by atoms with Gasteiger partial charge in [-0.25, -0.2) is 4.57 Å². The summed E-state index contributed by atoms with van der Waals surface area (Å²) in [7, 11) is 1.63. The van der Waals surface area contributed by atoms with E-state index in [1.165, 1.54) is 116 Å². The maximum Gasteiger partial charge on any atom is 0.472 e. The fraction of sp³-hybridized carbons (Fsp3) is 0.780. The Kier molecular flexibility index (Phi) is 41.6. The summed E-state index contributed by atoms with van der Waals surface area (Å²) in [6.07, 6.45) is 54.2. The molecule has 1 N–H and O–H groups in total. The van der Waals surface area contributed by atoms with Crippen LogP contribution < -0.4 is 0 Å². The summed E-state index contributed by atoms with van der Waals surface area (Å²) in [5.41, 5.74) is 0. The second kappa shape index (κ2) is 42.9. The highest BCUT2D eigenvalue weighted by molar-refractivity contribution is 7.47. The first-order valence-electron chi connectivity index (χ1n) is 24.0. The molecule has 2 unspecified atom stereocenters. The average Bonchev–Trinajstić information content (AvgIpc) is 3.19. The van der Waals surface area contributed by atoms with Gasteiger partial charge >= 0.3 is 13.8 Å². The van der Waals surface area contributed by atoms with Crippen LogP contribution in [0.3, 0.4) is 0 Å². The Morgan fingerprint density at radius 2 is 0.983 bits per heavy atom. The minimum Gasteiger partial charge on any atom is -0.457 e. The van der Waals surface area contributed by atoms with Gasteiger partial charge in [-0.05, 0) is 77.0 Å². The van der Waals surface area contributed by atoms with Gasteiger partial charge < -0.3 is 18.9 Å². The molecule has 0 aromatic rings. The average molecular weight is 851 g/mol. The fourth-order valence-corrected chi connectivity index (χ4v) is 7.10. The molecular weight excluding hydrogens is 758 g/mol. The summed E-state index contributed by atoms with van der Waals surface area (Å²) < 4.78 is 35.0. The molecule has 0 radical (unpaired) electrons. The van der Waals surface area contributed by atoms with Crippen LogP contribution in [-0.2, 0) is 27.9 Å². The van der Waals surface area contributed by atoms with E-state index in [9.17, 15) is 14.3 Å². The molecule has 0 saturated carbocycles. The van der Waals surface area contributed by atoms with Crippen LogP contribution in [-0.4, -0.2) is 75.6 Å². The first-order valence-corrected chi connectivity index (χ1v) is 25.5. The van der Waals surface area contributed by atoms with E-state index in [-0.39, 0.29) is 32.2 Å². The molecule has 59 heavy (non-hydrogen) atoms. The van der Waals surface area contributed by atoms with Crippen molar-refractivity contribution in [2.75, 3.05) is 54.1 Å². The lowest BCUT2D eigenvalue weighted by Crippen LogP contribution is -2.37. The van der Waals surface area contributed by atoms with Crippen molar-refractivity contribution < 1.29 is 37.3 Å². The maximum absolute atomic E-state index is 12.7. The standard InChI is InChI=1S/C50H92NO7P/c1-6-8-10-12-14-16-18-20-22-23-24-25-26-27-28-30-32-34-36-38-40-42-45-55-47-49(48-57-59(53,54)56-46-44-51(3,4)5)58-50(52)43-41-39-37-35-33-31-29-21-19-17-15-13-11-9-7-2/h9,11,15,17,21,23-24,29,33,35,49H,6-8,10,12-14,16,18-20,22,25-28,30-32,34,36-48H2,1-5H3/p+1/b11-9-,17-15-,24-23-,29-21-,35-33-. The Morgan fingerprint density at radius 3 is 1.49 bits per heavy atom. The topological polar surface area (TPSA) is 91.3 Å². The Hall–Kier alpha value is -1.80. The first-order chi connectivity index (χ1) is 28.6. The number of allylic oxidation sites excluding steroid dienone is 10. The molecule has 0 aromatic heterocycles. The Balaban J connectivity index is 4.20. The van der Waals surface area contributed by atoms with E-state index in [4.69, 9.17) is 18.5 Å². The largest absolute Gasteiger partial charge is 0.472 e. The van der Waals surface area contributed by atoms with Gasteiger partial charge in [0.05, 0.1) is 34.4 Å². The molecule has 0 bridgehead atoms. The first kappa shape index (κ1) is 57.2. The lowest BCUT2D eigenvalue weighted by Gasteiger charge is -2.24. The Bertz CT molecular complexity index is 1130. The SMILES string of the molecule is CC/C=C\C/C=C\C/C=C\C/C=C\CCCCC(=O)OC(COCCCCCCCCCCCC/C=C\CCCCCCCCCC)COP(=O)(O)OCC[N+](C)(C)C. The van der Waals surface area contributed by atoms with Gasteiger partial charge in [0, 0.05) is 13.0 Å². The Labute approximate surface area is 364 Å². The summed E-state index contributed by atoms with van der Waals surface area (Å²) in [5, 5.41) is 0. The number of carbonyl (C=O) groups is 1. The summed E-state index contributed by atoms with van der Waals surface area (Å²) in [6, 6.07) is 0. The van der Waals surface area contributed by atoms with E-state index in [0.29, 0.717) is 24.1 Å². The van der Waals surface area contributed by atoms with Crippen LogP contribution in [0.15, 0.2) is 60.8 Å². The van der Waals surface area contributed by atoms with Crippen LogP contribution in [0.5, 0.6) is 0 Å². The highest BCUT2D eigenvalue weighted by Gasteiger charge is 2.26. The minimum absolute atomic E-state index is 0.0782. The van der Waals surface area contributed by atoms with Gasteiger partial charge in [0.2, 0.25) is 0 Å². The van der Waals surface area contributed by atoms with E-state index >= 15 is 0 Å². The van der Waals surface area contributed by atoms with Crippen LogP contribution in [0.1, 0.15) is 194 Å². The van der Waals surface area contributed by atoms with Crippen molar-refractivity contribution in [3.05, 3.63) is 60.8 Å². The van der Waals surface area contributed by atoms with E-state index < -0.39 is 13.9 Å². The van der Waals surface area contributed by atoms with E-state index in [1.54, 1.807) is 0 Å². The van der Waals surface area contributed by atoms with Crippen molar-refractivity contribution in [1.82, 2.24) is 0 Å². The smallest absolute Gasteiger partial charge is 0.457 e. The molecule has 0 amide bonds. The summed E-state index contributed by atoms with van der Waals surface area (Å²) >= 11 is 0. The minimum atomic E-state index is -4.29. The molecule has 0 rings (SSSR count). The number of carbonyl (C=O) groups excluding carboxylic acids is 1. The number of rotatable bonds is 44. The second-order valence-electron chi connectivity index (χ2n) is 17.1. The molecule has 0 aliphatic rings. The van der Waals surface area contributed by atoms with Crippen LogP contribution >= 0.6 is 7.82 Å². The summed E-state index contributed by atoms with van der Waals surface area (Å²) in [6.45, 7) is 5.45. The normalized spacial score (nSPS) is 14.2. The third-order valence-corrected chi connectivity index (χ3v) is 11.0. The number of unbranched alkanes of at least 4 members (excludes halogenated alkanes) is 20. The second-order valence-corrected chi connectivity index (χ2v) is 18.6. The molecule has 0 spiro atoms. The van der Waals surface area contributed by atoms with Crippen molar-refractivity contribution in [3.8, 4) is 0 Å². The molecule has 0 aliphatic carbocycles. The van der Waals surface area contributed by atoms with E-state index in [0.717, 1.165) is 51.4 Å². The summed E-state index contributed by atoms with van der Waals surface area (Å²) in [4.78, 5) is 22.9. The van der Waals surface area contributed by atoms with Crippen molar-refractivity contribution in [3.63, 3.8) is 0 Å². The number of ether oxygens (including phenoxy) is 2. The molecule has 0 fully saturated rings. The highest BCUT2D eigenvalue weighted by atomic mass is 31.2. The molecule has 9 heteroatoms.